The molecule has 13 heteroatoms. The van der Waals surface area contributed by atoms with Crippen molar-refractivity contribution < 1.29 is 23.8 Å². The summed E-state index contributed by atoms with van der Waals surface area (Å²) in [6.07, 6.45) is 3.61. The highest BCUT2D eigenvalue weighted by atomic mass is 35.5. The molecule has 0 aromatic carbocycles. The summed E-state index contributed by atoms with van der Waals surface area (Å²) in [6.45, 7) is 6.28. The summed E-state index contributed by atoms with van der Waals surface area (Å²) in [7, 11) is 0. The highest BCUT2D eigenvalue weighted by Gasteiger charge is 2.45. The molecule has 3 fully saturated rings. The third-order valence-electron chi connectivity index (χ3n) is 7.21. The van der Waals surface area contributed by atoms with Crippen LogP contribution in [0.25, 0.3) is 0 Å². The average molecular weight is 514 g/mol. The van der Waals surface area contributed by atoms with Crippen LogP contribution in [-0.2, 0) is 9.53 Å². The summed E-state index contributed by atoms with van der Waals surface area (Å²) in [5, 5.41) is 11.1. The maximum atomic E-state index is 15.3. The van der Waals surface area contributed by atoms with E-state index in [0.29, 0.717) is 38.6 Å². The van der Waals surface area contributed by atoms with Gasteiger partial charge in [0.15, 0.2) is 11.6 Å². The molecule has 3 heterocycles. The molecule has 4 N–H and O–H groups in total. The molecule has 4 rings (SSSR count). The van der Waals surface area contributed by atoms with E-state index in [9.17, 15) is 9.59 Å². The van der Waals surface area contributed by atoms with Crippen LogP contribution in [0.2, 0.25) is 5.28 Å². The van der Waals surface area contributed by atoms with E-state index in [1.165, 1.54) is 0 Å². The Morgan fingerprint density at radius 3 is 2.60 bits per heavy atom. The summed E-state index contributed by atoms with van der Waals surface area (Å²) < 4.78 is 20.7. The molecule has 1 aliphatic carbocycles. The lowest BCUT2D eigenvalue weighted by atomic mass is 9.89. The monoisotopic (exact) mass is 513 g/mol. The van der Waals surface area contributed by atoms with Crippen LogP contribution in [0.4, 0.5) is 20.8 Å². The summed E-state index contributed by atoms with van der Waals surface area (Å²) in [4.78, 5) is 35.9. The van der Waals surface area contributed by atoms with Crippen molar-refractivity contribution in [3.8, 4) is 0 Å². The number of nitrogens with zero attached hydrogens (tertiary/aromatic N) is 4. The molecule has 11 nitrogen and oxygen atoms in total. The van der Waals surface area contributed by atoms with Gasteiger partial charge in [-0.05, 0) is 30.9 Å². The summed E-state index contributed by atoms with van der Waals surface area (Å²) in [5.41, 5.74) is 4.91. The summed E-state index contributed by atoms with van der Waals surface area (Å²) in [5.74, 6) is -1.54. The first-order valence-electron chi connectivity index (χ1n) is 12.1. The number of hydrazine groups is 1. The molecule has 2 aliphatic heterocycles. The number of carbonyl (C=O) groups excluding carboxylic acids is 1. The van der Waals surface area contributed by atoms with Crippen molar-refractivity contribution in [2.75, 3.05) is 56.3 Å². The van der Waals surface area contributed by atoms with Crippen molar-refractivity contribution in [3.05, 3.63) is 11.1 Å². The van der Waals surface area contributed by atoms with Gasteiger partial charge >= 0.3 is 6.09 Å². The highest BCUT2D eigenvalue weighted by Crippen LogP contribution is 2.35. The van der Waals surface area contributed by atoms with Crippen LogP contribution in [0.5, 0.6) is 0 Å². The number of carboxylic acid groups (broad SMARTS) is 1. The molecule has 0 radical (unpaired) electrons. The topological polar surface area (TPSA) is 132 Å². The molecule has 2 amide bonds. The second kappa shape index (κ2) is 11.1. The first-order chi connectivity index (χ1) is 16.7. The van der Waals surface area contributed by atoms with Crippen LogP contribution in [0.1, 0.15) is 39.0 Å². The van der Waals surface area contributed by atoms with Gasteiger partial charge in [0.05, 0.1) is 24.7 Å². The molecule has 0 spiro atoms. The number of hydrogen-bond acceptors (Lipinski definition) is 8. The minimum Gasteiger partial charge on any atom is -0.465 e. The van der Waals surface area contributed by atoms with Gasteiger partial charge < -0.3 is 20.1 Å². The van der Waals surface area contributed by atoms with Crippen molar-refractivity contribution in [1.82, 2.24) is 25.6 Å². The van der Waals surface area contributed by atoms with Crippen molar-refractivity contribution in [2.24, 2.45) is 11.8 Å². The first-order valence-corrected chi connectivity index (χ1v) is 12.5. The van der Waals surface area contributed by atoms with Gasteiger partial charge in [-0.3, -0.25) is 20.5 Å². The number of carbonyl (C=O) groups is 2. The SMILES string of the molecule is CC1(N2CCOCC2)CN(c2nc(Cl)nc(NNC(=O)[C@@H](CNC(=O)O)CC3CCCC3)c2F)C1. The van der Waals surface area contributed by atoms with Crippen molar-refractivity contribution in [2.45, 2.75) is 44.6 Å². The van der Waals surface area contributed by atoms with Gasteiger partial charge in [-0.1, -0.05) is 25.7 Å². The van der Waals surface area contributed by atoms with Gasteiger partial charge in [-0.15, -0.1) is 0 Å². The molecule has 2 saturated heterocycles. The minimum atomic E-state index is -1.20. The molecule has 0 bridgehead atoms. The Hall–Kier alpha value is -2.44. The van der Waals surface area contributed by atoms with E-state index in [4.69, 9.17) is 21.4 Å². The van der Waals surface area contributed by atoms with E-state index < -0.39 is 23.7 Å². The van der Waals surface area contributed by atoms with Crippen LogP contribution in [-0.4, -0.2) is 83.5 Å². The summed E-state index contributed by atoms with van der Waals surface area (Å²) in [6, 6.07) is 0. The Kier molecular flexibility index (Phi) is 8.12. The molecule has 0 unspecified atom stereocenters. The quantitative estimate of drug-likeness (QED) is 0.289. The molecule has 1 saturated carbocycles. The lowest BCUT2D eigenvalue weighted by Gasteiger charge is -2.55. The Labute approximate surface area is 208 Å². The number of anilines is 2. The predicted octanol–water partition coefficient (Wildman–Crippen LogP) is 2.09. The fourth-order valence-corrected chi connectivity index (χ4v) is 5.46. The number of halogens is 2. The van der Waals surface area contributed by atoms with Crippen LogP contribution in [0.3, 0.4) is 0 Å². The average Bonchev–Trinajstić information content (AvgIpc) is 3.33. The Morgan fingerprint density at radius 1 is 1.26 bits per heavy atom. The maximum Gasteiger partial charge on any atom is 0.404 e. The van der Waals surface area contributed by atoms with E-state index in [1.54, 1.807) is 4.90 Å². The Morgan fingerprint density at radius 2 is 1.94 bits per heavy atom. The molecule has 194 valence electrons. The van der Waals surface area contributed by atoms with Crippen LogP contribution < -0.4 is 21.1 Å². The van der Waals surface area contributed by atoms with Crippen LogP contribution in [0.15, 0.2) is 0 Å². The third kappa shape index (κ3) is 6.22. The van der Waals surface area contributed by atoms with Gasteiger partial charge in [0, 0.05) is 32.7 Å². The lowest BCUT2D eigenvalue weighted by Crippen LogP contribution is -2.70. The smallest absolute Gasteiger partial charge is 0.404 e. The van der Waals surface area contributed by atoms with E-state index in [1.807, 2.05) is 0 Å². The summed E-state index contributed by atoms with van der Waals surface area (Å²) >= 11 is 6.07. The van der Waals surface area contributed by atoms with E-state index in [2.05, 4.69) is 38.0 Å². The molecule has 1 atom stereocenters. The van der Waals surface area contributed by atoms with Crippen LogP contribution in [0, 0.1) is 17.7 Å². The predicted molar refractivity (Wildman–Crippen MR) is 128 cm³/mol. The zero-order valence-corrected chi connectivity index (χ0v) is 20.6. The number of amides is 2. The standard InChI is InChI=1S/C22H33ClFN7O4/c1-22(31-6-8-35-9-7-31)12-30(13-22)18-16(24)17(26-20(23)27-18)28-29-19(32)15(11-25-21(33)34)10-14-4-2-3-5-14/h14-15,25H,2-13H2,1H3,(H,29,32)(H,33,34)(H,26,27,28)/t15-/m1/s1. The van der Waals surface area contributed by atoms with Crippen molar-refractivity contribution in [3.63, 3.8) is 0 Å². The number of nitrogens with one attached hydrogen (secondary N) is 3. The number of aromatic nitrogens is 2. The highest BCUT2D eigenvalue weighted by molar-refractivity contribution is 6.28. The van der Waals surface area contributed by atoms with Crippen molar-refractivity contribution >= 4 is 35.2 Å². The molecule has 1 aromatic rings. The van der Waals surface area contributed by atoms with Gasteiger partial charge in [-0.25, -0.2) is 4.79 Å². The van der Waals surface area contributed by atoms with Gasteiger partial charge in [0.2, 0.25) is 17.0 Å². The number of hydrogen-bond donors (Lipinski definition) is 4. The van der Waals surface area contributed by atoms with E-state index >= 15 is 4.39 Å². The molecular weight excluding hydrogens is 481 g/mol. The molecule has 1 aromatic heterocycles. The maximum absolute atomic E-state index is 15.3. The number of morpholine rings is 1. The van der Waals surface area contributed by atoms with Crippen LogP contribution >= 0.6 is 11.6 Å². The second-order valence-corrected chi connectivity index (χ2v) is 10.2. The minimum absolute atomic E-state index is 0.0223. The number of ether oxygens (including phenoxy) is 1. The van der Waals surface area contributed by atoms with Gasteiger partial charge in [0.25, 0.3) is 0 Å². The lowest BCUT2D eigenvalue weighted by molar-refractivity contribution is -0.124. The van der Waals surface area contributed by atoms with E-state index in [-0.39, 0.29) is 29.0 Å². The van der Waals surface area contributed by atoms with Gasteiger partial charge in [-0.2, -0.15) is 14.4 Å². The fourth-order valence-electron chi connectivity index (χ4n) is 5.29. The number of rotatable bonds is 9. The molecule has 35 heavy (non-hydrogen) atoms. The molecular formula is C22H33ClFN7O4. The normalized spacial score (nSPS) is 21.3. The zero-order chi connectivity index (χ0) is 25.0. The molecule has 3 aliphatic rings. The Bertz CT molecular complexity index is 921. The third-order valence-corrected chi connectivity index (χ3v) is 7.38. The first kappa shape index (κ1) is 25.6. The van der Waals surface area contributed by atoms with E-state index in [0.717, 1.165) is 38.8 Å². The fraction of sp³-hybridized carbons (Fsp3) is 0.727. The largest absolute Gasteiger partial charge is 0.465 e. The zero-order valence-electron chi connectivity index (χ0n) is 19.9. The second-order valence-electron chi connectivity index (χ2n) is 9.81. The van der Waals surface area contributed by atoms with Gasteiger partial charge in [0.1, 0.15) is 0 Å². The van der Waals surface area contributed by atoms with Crippen molar-refractivity contribution in [1.29, 1.82) is 0 Å². The Balaban J connectivity index is 1.38.